The van der Waals surface area contributed by atoms with E-state index in [2.05, 4.69) is 4.98 Å². The van der Waals surface area contributed by atoms with Crippen molar-refractivity contribution in [2.24, 2.45) is 0 Å². The summed E-state index contributed by atoms with van der Waals surface area (Å²) in [6, 6.07) is 21.6. The number of benzene rings is 2. The van der Waals surface area contributed by atoms with Crippen molar-refractivity contribution in [2.75, 3.05) is 0 Å². The van der Waals surface area contributed by atoms with Crippen molar-refractivity contribution in [3.8, 4) is 22.3 Å². The Morgan fingerprint density at radius 2 is 1.43 bits per heavy atom. The molecule has 0 unspecified atom stereocenters. The summed E-state index contributed by atoms with van der Waals surface area (Å²) in [5, 5.41) is 18.9. The van der Waals surface area contributed by atoms with Crippen LogP contribution in [0.4, 0.5) is 0 Å². The molecule has 4 heteroatoms. The monoisotopic (exact) mass is 275 g/mol. The first-order chi connectivity index (χ1) is 10.3. The number of pyridine rings is 1. The minimum atomic E-state index is -1.58. The number of nitrogens with zero attached hydrogens (tertiary/aromatic N) is 1. The summed E-state index contributed by atoms with van der Waals surface area (Å²) in [5.41, 5.74) is 4.10. The fourth-order valence-electron chi connectivity index (χ4n) is 2.36. The molecular weight excluding hydrogens is 261 g/mol. The standard InChI is InChI=1S/C17H14BNO2/c20-18(21)17-16(10-5-11-19-17)15-9-4-8-14(12-15)13-6-2-1-3-7-13/h1-12,20-21H. The van der Waals surface area contributed by atoms with E-state index in [1.54, 1.807) is 12.3 Å². The topological polar surface area (TPSA) is 53.4 Å². The van der Waals surface area contributed by atoms with Gasteiger partial charge in [-0.25, -0.2) is 0 Å². The quantitative estimate of drug-likeness (QED) is 0.720. The van der Waals surface area contributed by atoms with Gasteiger partial charge in [0.25, 0.3) is 0 Å². The number of rotatable bonds is 3. The Kier molecular flexibility index (Phi) is 3.82. The van der Waals surface area contributed by atoms with Crippen molar-refractivity contribution in [3.63, 3.8) is 0 Å². The zero-order valence-corrected chi connectivity index (χ0v) is 11.3. The average molecular weight is 275 g/mol. The predicted octanol–water partition coefficient (Wildman–Crippen LogP) is 2.10. The molecule has 0 bridgehead atoms. The van der Waals surface area contributed by atoms with Gasteiger partial charge in [-0.15, -0.1) is 0 Å². The molecule has 3 aromatic rings. The molecular formula is C17H14BNO2. The van der Waals surface area contributed by atoms with Crippen LogP contribution in [0, 0.1) is 0 Å². The van der Waals surface area contributed by atoms with Crippen LogP contribution in [0.5, 0.6) is 0 Å². The molecule has 2 N–H and O–H groups in total. The van der Waals surface area contributed by atoms with Gasteiger partial charge in [-0.1, -0.05) is 54.6 Å². The summed E-state index contributed by atoms with van der Waals surface area (Å²) in [6.45, 7) is 0. The molecule has 0 atom stereocenters. The van der Waals surface area contributed by atoms with Gasteiger partial charge in [-0.3, -0.25) is 4.98 Å². The first-order valence-electron chi connectivity index (χ1n) is 6.72. The highest BCUT2D eigenvalue weighted by molar-refractivity contribution is 6.59. The van der Waals surface area contributed by atoms with Gasteiger partial charge in [0.05, 0.1) is 5.59 Å². The molecule has 0 saturated heterocycles. The van der Waals surface area contributed by atoms with Crippen molar-refractivity contribution < 1.29 is 10.0 Å². The fourth-order valence-corrected chi connectivity index (χ4v) is 2.36. The van der Waals surface area contributed by atoms with Crippen molar-refractivity contribution in [1.29, 1.82) is 0 Å². The molecule has 3 nitrogen and oxygen atoms in total. The van der Waals surface area contributed by atoms with Crippen molar-refractivity contribution >= 4 is 12.7 Å². The number of aromatic nitrogens is 1. The van der Waals surface area contributed by atoms with Crippen LogP contribution in [-0.4, -0.2) is 22.2 Å². The van der Waals surface area contributed by atoms with Crippen molar-refractivity contribution in [2.45, 2.75) is 0 Å². The van der Waals surface area contributed by atoms with E-state index in [9.17, 15) is 10.0 Å². The van der Waals surface area contributed by atoms with E-state index in [-0.39, 0.29) is 5.59 Å². The van der Waals surface area contributed by atoms with Gasteiger partial charge >= 0.3 is 7.12 Å². The largest absolute Gasteiger partial charge is 0.508 e. The van der Waals surface area contributed by atoms with Crippen LogP contribution >= 0.6 is 0 Å². The van der Waals surface area contributed by atoms with E-state index in [0.29, 0.717) is 0 Å². The van der Waals surface area contributed by atoms with E-state index in [0.717, 1.165) is 22.3 Å². The van der Waals surface area contributed by atoms with Crippen molar-refractivity contribution in [3.05, 3.63) is 72.9 Å². The Morgan fingerprint density at radius 3 is 2.19 bits per heavy atom. The fraction of sp³-hybridized carbons (Fsp3) is 0. The highest BCUT2D eigenvalue weighted by atomic mass is 16.4. The normalized spacial score (nSPS) is 10.4. The molecule has 1 aromatic heterocycles. The molecule has 0 fully saturated rings. The van der Waals surface area contributed by atoms with E-state index in [4.69, 9.17) is 0 Å². The molecule has 2 aromatic carbocycles. The highest BCUT2D eigenvalue weighted by Gasteiger charge is 2.18. The molecule has 0 saturated carbocycles. The molecule has 0 aliphatic heterocycles. The third kappa shape index (κ3) is 2.87. The minimum absolute atomic E-state index is 0.266. The maximum atomic E-state index is 9.45. The van der Waals surface area contributed by atoms with E-state index in [1.165, 1.54) is 0 Å². The van der Waals surface area contributed by atoms with Crippen LogP contribution < -0.4 is 5.59 Å². The summed E-state index contributed by atoms with van der Waals surface area (Å²) >= 11 is 0. The second-order valence-electron chi connectivity index (χ2n) is 4.76. The zero-order valence-electron chi connectivity index (χ0n) is 11.3. The summed E-state index contributed by atoms with van der Waals surface area (Å²) in [4.78, 5) is 4.06. The Hall–Kier alpha value is -2.43. The summed E-state index contributed by atoms with van der Waals surface area (Å²) in [5.74, 6) is 0. The van der Waals surface area contributed by atoms with E-state index in [1.807, 2.05) is 60.7 Å². The van der Waals surface area contributed by atoms with Crippen molar-refractivity contribution in [1.82, 2.24) is 4.98 Å². The van der Waals surface area contributed by atoms with Gasteiger partial charge < -0.3 is 10.0 Å². The molecule has 1 heterocycles. The molecule has 0 aliphatic rings. The lowest BCUT2D eigenvalue weighted by atomic mass is 9.80. The van der Waals surface area contributed by atoms with Crippen LogP contribution in [0.25, 0.3) is 22.3 Å². The second kappa shape index (κ2) is 5.91. The smallest absolute Gasteiger partial charge is 0.422 e. The maximum Gasteiger partial charge on any atom is 0.508 e. The predicted molar refractivity (Wildman–Crippen MR) is 84.9 cm³/mol. The molecule has 102 valence electrons. The lowest BCUT2D eigenvalue weighted by Crippen LogP contribution is -2.34. The Labute approximate surface area is 123 Å². The molecule has 3 rings (SSSR count). The number of hydrogen-bond donors (Lipinski definition) is 2. The van der Waals surface area contributed by atoms with Gasteiger partial charge in [0.2, 0.25) is 0 Å². The minimum Gasteiger partial charge on any atom is -0.422 e. The average Bonchev–Trinajstić information content (AvgIpc) is 2.56. The van der Waals surface area contributed by atoms with Crippen LogP contribution in [0.15, 0.2) is 72.9 Å². The van der Waals surface area contributed by atoms with Crippen LogP contribution in [0.3, 0.4) is 0 Å². The summed E-state index contributed by atoms with van der Waals surface area (Å²) in [7, 11) is -1.58. The lowest BCUT2D eigenvalue weighted by molar-refractivity contribution is 0.424. The third-order valence-electron chi connectivity index (χ3n) is 3.36. The Bertz CT molecular complexity index is 745. The first-order valence-corrected chi connectivity index (χ1v) is 6.72. The zero-order chi connectivity index (χ0) is 14.7. The molecule has 21 heavy (non-hydrogen) atoms. The van der Waals surface area contributed by atoms with Gasteiger partial charge in [-0.2, -0.15) is 0 Å². The third-order valence-corrected chi connectivity index (χ3v) is 3.36. The van der Waals surface area contributed by atoms with Gasteiger partial charge in [-0.05, 0) is 34.4 Å². The lowest BCUT2D eigenvalue weighted by Gasteiger charge is -2.09. The van der Waals surface area contributed by atoms with Crippen LogP contribution in [0.1, 0.15) is 0 Å². The molecule has 0 radical (unpaired) electrons. The van der Waals surface area contributed by atoms with Crippen LogP contribution in [0.2, 0.25) is 0 Å². The van der Waals surface area contributed by atoms with E-state index < -0.39 is 7.12 Å². The summed E-state index contributed by atoms with van der Waals surface area (Å²) < 4.78 is 0. The second-order valence-corrected chi connectivity index (χ2v) is 4.76. The van der Waals surface area contributed by atoms with Gasteiger partial charge in [0, 0.05) is 6.20 Å². The highest BCUT2D eigenvalue weighted by Crippen LogP contribution is 2.25. The maximum absolute atomic E-state index is 9.45. The Morgan fingerprint density at radius 1 is 0.714 bits per heavy atom. The Balaban J connectivity index is 2.09. The van der Waals surface area contributed by atoms with E-state index >= 15 is 0 Å². The molecule has 0 amide bonds. The SMILES string of the molecule is OB(O)c1ncccc1-c1cccc(-c2ccccc2)c1. The van der Waals surface area contributed by atoms with Crippen LogP contribution in [-0.2, 0) is 0 Å². The molecule has 0 aliphatic carbocycles. The van der Waals surface area contributed by atoms with Gasteiger partial charge in [0.15, 0.2) is 0 Å². The molecule has 0 spiro atoms. The number of hydrogen-bond acceptors (Lipinski definition) is 3. The van der Waals surface area contributed by atoms with Gasteiger partial charge in [0.1, 0.15) is 0 Å². The first kappa shape index (κ1) is 13.6. The summed E-state index contributed by atoms with van der Waals surface area (Å²) in [6.07, 6.45) is 1.55.